The smallest absolute Gasteiger partial charge is 0.319 e. The number of phenolic OH excluding ortho intramolecular Hbond substituents is 1. The number of nitrogens with zero attached hydrogens (tertiary/aromatic N) is 5. The number of aromatic hydroxyl groups is 1. The number of nitriles is 1. The van der Waals surface area contributed by atoms with E-state index >= 15 is 4.39 Å². The highest BCUT2D eigenvalue weighted by Gasteiger charge is 2.45. The molecular weight excluding hydrogens is 624 g/mol. The van der Waals surface area contributed by atoms with Crippen LogP contribution in [-0.2, 0) is 4.74 Å². The molecule has 11 heteroatoms. The maximum atomic E-state index is 17.0. The lowest BCUT2D eigenvalue weighted by Gasteiger charge is -2.30. The standard InChI is InChI=1S/C36H34ClF2N5O3/c1-2-25-29(38)6-5-23-16-24(45)17-26(30(23)25)31-28(37)18-27-33(32(31)39)41-35(42-34(27)44-10-3-4-22(19-40)7-11-44)47-21-36(8-9-36)20-43-12-14-46-15-13-43/h1,5-6,16-18,22,45H,3-4,7-15,20-21H2. The second kappa shape index (κ2) is 12.8. The quantitative estimate of drug-likeness (QED) is 0.220. The maximum Gasteiger partial charge on any atom is 0.319 e. The van der Waals surface area contributed by atoms with Crippen LogP contribution in [0, 0.1) is 46.6 Å². The van der Waals surface area contributed by atoms with Crippen LogP contribution < -0.4 is 9.64 Å². The van der Waals surface area contributed by atoms with Crippen LogP contribution in [0.2, 0.25) is 5.02 Å². The van der Waals surface area contributed by atoms with E-state index in [2.05, 4.69) is 21.9 Å². The fourth-order valence-corrected chi connectivity index (χ4v) is 7.18. The van der Waals surface area contributed by atoms with Crippen molar-refractivity contribution >= 4 is 39.1 Å². The Bertz CT molecular complexity index is 1950. The van der Waals surface area contributed by atoms with Crippen LogP contribution in [0.4, 0.5) is 14.6 Å². The average molecular weight is 658 g/mol. The molecule has 3 aromatic carbocycles. The zero-order valence-corrected chi connectivity index (χ0v) is 26.6. The predicted molar refractivity (Wildman–Crippen MR) is 177 cm³/mol. The van der Waals surface area contributed by atoms with Gasteiger partial charge in [-0.3, -0.25) is 4.90 Å². The number of hydrogen-bond acceptors (Lipinski definition) is 8. The van der Waals surface area contributed by atoms with Gasteiger partial charge in [-0.15, -0.1) is 6.42 Å². The van der Waals surface area contributed by atoms with Crippen LogP contribution in [0.15, 0.2) is 30.3 Å². The topological polar surface area (TPSA) is 94.7 Å². The van der Waals surface area contributed by atoms with E-state index in [-0.39, 0.29) is 55.7 Å². The van der Waals surface area contributed by atoms with E-state index in [9.17, 15) is 14.8 Å². The van der Waals surface area contributed by atoms with Crippen LogP contribution in [0.25, 0.3) is 32.8 Å². The predicted octanol–water partition coefficient (Wildman–Crippen LogP) is 6.69. The largest absolute Gasteiger partial charge is 0.508 e. The molecule has 3 heterocycles. The van der Waals surface area contributed by atoms with E-state index in [1.165, 1.54) is 24.3 Å². The molecule has 1 unspecified atom stereocenters. The van der Waals surface area contributed by atoms with Gasteiger partial charge < -0.3 is 19.5 Å². The summed E-state index contributed by atoms with van der Waals surface area (Å²) in [6.07, 6.45) is 9.91. The molecule has 7 rings (SSSR count). The summed E-state index contributed by atoms with van der Waals surface area (Å²) >= 11 is 6.85. The first-order chi connectivity index (χ1) is 22.8. The molecular formula is C36H34ClF2N5O3. The molecule has 0 spiro atoms. The van der Waals surface area contributed by atoms with Crippen molar-refractivity contribution in [2.45, 2.75) is 32.1 Å². The lowest BCUT2D eigenvalue weighted by atomic mass is 9.93. The number of benzene rings is 3. The van der Waals surface area contributed by atoms with Gasteiger partial charge in [0.05, 0.1) is 36.5 Å². The Labute approximate surface area is 276 Å². The molecule has 1 aromatic heterocycles. The van der Waals surface area contributed by atoms with Gasteiger partial charge in [-0.2, -0.15) is 15.2 Å². The third-order valence-corrected chi connectivity index (χ3v) is 9.94. The minimum absolute atomic E-state index is 0.0151. The van der Waals surface area contributed by atoms with Crippen molar-refractivity contribution in [1.29, 1.82) is 5.26 Å². The first-order valence-corrected chi connectivity index (χ1v) is 16.4. The monoisotopic (exact) mass is 657 g/mol. The molecule has 8 nitrogen and oxygen atoms in total. The van der Waals surface area contributed by atoms with Crippen molar-refractivity contribution in [3.8, 4) is 41.3 Å². The summed E-state index contributed by atoms with van der Waals surface area (Å²) in [7, 11) is 0. The van der Waals surface area contributed by atoms with Gasteiger partial charge in [0.25, 0.3) is 0 Å². The van der Waals surface area contributed by atoms with Gasteiger partial charge in [0, 0.05) is 60.4 Å². The molecule has 0 bridgehead atoms. The number of hydrogen-bond donors (Lipinski definition) is 1. The van der Waals surface area contributed by atoms with Crippen LogP contribution in [-0.4, -0.2) is 72.5 Å². The molecule has 1 atom stereocenters. The molecule has 3 fully saturated rings. The summed E-state index contributed by atoms with van der Waals surface area (Å²) in [6, 6.07) is 9.49. The van der Waals surface area contributed by atoms with Gasteiger partial charge in [0.1, 0.15) is 22.9 Å². The van der Waals surface area contributed by atoms with Gasteiger partial charge in [0.15, 0.2) is 5.82 Å². The normalized spacial score (nSPS) is 19.7. The molecule has 0 radical (unpaired) electrons. The first-order valence-electron chi connectivity index (χ1n) is 16.0. The summed E-state index contributed by atoms with van der Waals surface area (Å²) in [5.41, 5.74) is -0.0262. The minimum Gasteiger partial charge on any atom is -0.508 e. The number of phenols is 1. The van der Waals surface area contributed by atoms with Gasteiger partial charge in [-0.05, 0) is 67.3 Å². The molecule has 0 amide bonds. The van der Waals surface area contributed by atoms with E-state index in [1.54, 1.807) is 6.07 Å². The van der Waals surface area contributed by atoms with Gasteiger partial charge in [-0.25, -0.2) is 8.78 Å². The zero-order chi connectivity index (χ0) is 32.7. The molecule has 47 heavy (non-hydrogen) atoms. The molecule has 3 aliphatic rings. The molecule has 1 aliphatic carbocycles. The number of aromatic nitrogens is 2. The summed E-state index contributed by atoms with van der Waals surface area (Å²) in [4.78, 5) is 13.8. The van der Waals surface area contributed by atoms with Crippen molar-refractivity contribution in [2.24, 2.45) is 11.3 Å². The summed E-state index contributed by atoms with van der Waals surface area (Å²) in [5, 5.41) is 21.3. The molecule has 2 aliphatic heterocycles. The van der Waals surface area contributed by atoms with Crippen LogP contribution in [0.5, 0.6) is 11.8 Å². The number of rotatable bonds is 7. The third-order valence-electron chi connectivity index (χ3n) is 9.65. The molecule has 2 saturated heterocycles. The number of anilines is 1. The van der Waals surface area contributed by atoms with E-state index in [4.69, 9.17) is 32.5 Å². The summed E-state index contributed by atoms with van der Waals surface area (Å²) < 4.78 is 43.7. The number of morpholine rings is 1. The Morgan fingerprint density at radius 3 is 2.66 bits per heavy atom. The highest BCUT2D eigenvalue weighted by molar-refractivity contribution is 6.35. The van der Waals surface area contributed by atoms with Gasteiger partial charge in [-0.1, -0.05) is 23.6 Å². The fourth-order valence-electron chi connectivity index (χ4n) is 6.89. The highest BCUT2D eigenvalue weighted by Crippen LogP contribution is 2.47. The Morgan fingerprint density at radius 1 is 1.11 bits per heavy atom. The SMILES string of the molecule is C#Cc1c(F)ccc2cc(O)cc(-c3c(Cl)cc4c(N5CCCC(C#N)CC5)nc(OCC5(CN6CCOCC6)CC5)nc4c3F)c12. The first kappa shape index (κ1) is 31.4. The van der Waals surface area contributed by atoms with E-state index in [0.29, 0.717) is 55.9 Å². The molecule has 4 aromatic rings. The Balaban J connectivity index is 1.35. The molecule has 1 saturated carbocycles. The minimum atomic E-state index is -0.765. The second-order valence-electron chi connectivity index (χ2n) is 12.9. The average Bonchev–Trinajstić information content (AvgIpc) is 3.87. The lowest BCUT2D eigenvalue weighted by molar-refractivity contribution is 0.0231. The van der Waals surface area contributed by atoms with E-state index in [1.807, 2.05) is 4.90 Å². The highest BCUT2D eigenvalue weighted by atomic mass is 35.5. The maximum absolute atomic E-state index is 17.0. The summed E-state index contributed by atoms with van der Waals surface area (Å²) in [6.45, 7) is 5.61. The number of fused-ring (bicyclic) bond motifs is 2. The van der Waals surface area contributed by atoms with Crippen LogP contribution >= 0.6 is 11.6 Å². The van der Waals surface area contributed by atoms with Crippen molar-refractivity contribution in [2.75, 3.05) is 57.4 Å². The number of ether oxygens (including phenoxy) is 2. The fraction of sp³-hybridized carbons (Fsp3) is 0.417. The van der Waals surface area contributed by atoms with Crippen molar-refractivity contribution in [3.05, 3.63) is 52.6 Å². The van der Waals surface area contributed by atoms with Crippen molar-refractivity contribution in [3.63, 3.8) is 0 Å². The lowest BCUT2D eigenvalue weighted by Crippen LogP contribution is -2.41. The van der Waals surface area contributed by atoms with Gasteiger partial charge in [0.2, 0.25) is 0 Å². The third kappa shape index (κ3) is 6.14. The van der Waals surface area contributed by atoms with E-state index < -0.39 is 11.6 Å². The molecule has 242 valence electrons. The van der Waals surface area contributed by atoms with Crippen molar-refractivity contribution < 1.29 is 23.4 Å². The Morgan fingerprint density at radius 2 is 1.91 bits per heavy atom. The molecule has 1 N–H and O–H groups in total. The number of terminal acetylenes is 1. The number of halogens is 3. The van der Waals surface area contributed by atoms with Crippen LogP contribution in [0.3, 0.4) is 0 Å². The zero-order valence-electron chi connectivity index (χ0n) is 25.9. The Kier molecular flexibility index (Phi) is 8.52. The van der Waals surface area contributed by atoms with Gasteiger partial charge >= 0.3 is 6.01 Å². The Hall–Kier alpha value is -4.22. The second-order valence-corrected chi connectivity index (χ2v) is 13.3. The summed E-state index contributed by atoms with van der Waals surface area (Å²) in [5.74, 6) is 1.21. The van der Waals surface area contributed by atoms with Crippen LogP contribution in [0.1, 0.15) is 37.7 Å². The van der Waals surface area contributed by atoms with E-state index in [0.717, 1.165) is 45.3 Å². The van der Waals surface area contributed by atoms with Crippen molar-refractivity contribution in [1.82, 2.24) is 14.9 Å².